The normalized spacial score (nSPS) is 11.6. The average molecular weight is 281 g/mol. The minimum absolute atomic E-state index is 0.288. The van der Waals surface area contributed by atoms with E-state index in [4.69, 9.17) is 19.9 Å². The van der Waals surface area contributed by atoms with Gasteiger partial charge in [-0.2, -0.15) is 0 Å². The predicted octanol–water partition coefficient (Wildman–Crippen LogP) is 1.51. The molecule has 1 amide bonds. The number of esters is 1. The molecule has 2 N–H and O–H groups in total. The second-order valence-electron chi connectivity index (χ2n) is 4.00. The highest BCUT2D eigenvalue weighted by Crippen LogP contribution is 2.29. The first-order valence-corrected chi connectivity index (χ1v) is 6.34. The summed E-state index contributed by atoms with van der Waals surface area (Å²) in [6, 6.07) is 4.52. The van der Waals surface area contributed by atoms with E-state index >= 15 is 0 Å². The molecular formula is C14H19NO5. The van der Waals surface area contributed by atoms with Crippen LogP contribution in [0.1, 0.15) is 30.6 Å². The van der Waals surface area contributed by atoms with Crippen molar-refractivity contribution in [1.29, 1.82) is 0 Å². The molecule has 0 aromatic heterocycles. The van der Waals surface area contributed by atoms with Gasteiger partial charge in [-0.05, 0) is 31.5 Å². The number of methoxy groups -OCH3 is 1. The molecule has 1 unspecified atom stereocenters. The maximum absolute atomic E-state index is 11.7. The summed E-state index contributed by atoms with van der Waals surface area (Å²) in [5.74, 6) is -0.301. The molecule has 0 heterocycles. The molecule has 1 aromatic carbocycles. The largest absolute Gasteiger partial charge is 0.493 e. The summed E-state index contributed by atoms with van der Waals surface area (Å²) in [4.78, 5) is 22.8. The monoisotopic (exact) mass is 281 g/mol. The van der Waals surface area contributed by atoms with Crippen molar-refractivity contribution in [3.8, 4) is 11.5 Å². The van der Waals surface area contributed by atoms with Crippen LogP contribution in [0.15, 0.2) is 18.2 Å². The van der Waals surface area contributed by atoms with Crippen molar-refractivity contribution in [2.75, 3.05) is 13.7 Å². The highest BCUT2D eigenvalue weighted by molar-refractivity contribution is 5.93. The Labute approximate surface area is 117 Å². The Hall–Kier alpha value is -2.24. The first-order chi connectivity index (χ1) is 9.53. The van der Waals surface area contributed by atoms with Gasteiger partial charge in [-0.25, -0.2) is 4.79 Å². The quantitative estimate of drug-likeness (QED) is 0.765. The highest BCUT2D eigenvalue weighted by atomic mass is 16.6. The maximum Gasteiger partial charge on any atom is 0.347 e. The zero-order valence-electron chi connectivity index (χ0n) is 11.8. The van der Waals surface area contributed by atoms with Crippen LogP contribution in [0.25, 0.3) is 0 Å². The third kappa shape index (κ3) is 3.88. The molecule has 1 atom stereocenters. The Balaban J connectivity index is 2.95. The van der Waals surface area contributed by atoms with Crippen LogP contribution in [0, 0.1) is 0 Å². The van der Waals surface area contributed by atoms with E-state index in [0.29, 0.717) is 23.5 Å². The molecule has 0 aliphatic carbocycles. The van der Waals surface area contributed by atoms with Gasteiger partial charge in [0.1, 0.15) is 0 Å². The summed E-state index contributed by atoms with van der Waals surface area (Å²) in [5.41, 5.74) is 5.50. The smallest absolute Gasteiger partial charge is 0.347 e. The second-order valence-corrected chi connectivity index (χ2v) is 4.00. The third-order valence-corrected chi connectivity index (χ3v) is 2.64. The van der Waals surface area contributed by atoms with E-state index in [0.717, 1.165) is 0 Å². The molecule has 1 rings (SSSR count). The zero-order valence-corrected chi connectivity index (χ0v) is 11.8. The van der Waals surface area contributed by atoms with Gasteiger partial charge < -0.3 is 19.9 Å². The number of ether oxygens (including phenoxy) is 3. The topological polar surface area (TPSA) is 87.9 Å². The zero-order chi connectivity index (χ0) is 15.1. The number of hydrogen-bond donors (Lipinski definition) is 1. The van der Waals surface area contributed by atoms with Crippen LogP contribution in [0.5, 0.6) is 11.5 Å². The number of benzene rings is 1. The van der Waals surface area contributed by atoms with Crippen LogP contribution in [-0.4, -0.2) is 31.7 Å². The van der Waals surface area contributed by atoms with Crippen molar-refractivity contribution in [2.45, 2.75) is 26.4 Å². The van der Waals surface area contributed by atoms with Crippen molar-refractivity contribution >= 4 is 11.9 Å². The number of carbonyl (C=O) groups is 2. The summed E-state index contributed by atoms with van der Waals surface area (Å²) in [7, 11) is 1.44. The van der Waals surface area contributed by atoms with E-state index < -0.39 is 18.0 Å². The van der Waals surface area contributed by atoms with Gasteiger partial charge >= 0.3 is 5.97 Å². The van der Waals surface area contributed by atoms with Gasteiger partial charge in [-0.1, -0.05) is 6.92 Å². The molecule has 110 valence electrons. The molecule has 0 spiro atoms. The summed E-state index contributed by atoms with van der Waals surface area (Å²) >= 11 is 0. The number of rotatable bonds is 7. The van der Waals surface area contributed by atoms with Crippen molar-refractivity contribution in [2.24, 2.45) is 5.73 Å². The molecule has 1 aromatic rings. The van der Waals surface area contributed by atoms with Crippen molar-refractivity contribution < 1.29 is 23.8 Å². The van der Waals surface area contributed by atoms with E-state index in [1.165, 1.54) is 19.2 Å². The first kappa shape index (κ1) is 15.8. The van der Waals surface area contributed by atoms with Gasteiger partial charge in [-0.15, -0.1) is 0 Å². The lowest BCUT2D eigenvalue weighted by Gasteiger charge is -2.18. The lowest BCUT2D eigenvalue weighted by atomic mass is 10.2. The minimum Gasteiger partial charge on any atom is -0.493 e. The molecule has 0 fully saturated rings. The van der Waals surface area contributed by atoms with Gasteiger partial charge in [0.2, 0.25) is 5.91 Å². The Morgan fingerprint density at radius 1 is 1.25 bits per heavy atom. The summed E-state index contributed by atoms with van der Waals surface area (Å²) in [6.45, 7) is 3.83. The summed E-state index contributed by atoms with van der Waals surface area (Å²) in [5, 5.41) is 0. The molecular weight excluding hydrogens is 262 g/mol. The molecule has 0 radical (unpaired) electrons. The lowest BCUT2D eigenvalue weighted by molar-refractivity contribution is -0.151. The van der Waals surface area contributed by atoms with Crippen molar-refractivity contribution in [1.82, 2.24) is 0 Å². The van der Waals surface area contributed by atoms with Crippen molar-refractivity contribution in [3.63, 3.8) is 0 Å². The molecule has 0 saturated carbocycles. The molecule has 0 saturated heterocycles. The molecule has 20 heavy (non-hydrogen) atoms. The second kappa shape index (κ2) is 7.37. The van der Waals surface area contributed by atoms with E-state index in [1.807, 2.05) is 6.92 Å². The van der Waals surface area contributed by atoms with Gasteiger partial charge in [0, 0.05) is 5.56 Å². The number of hydrogen-bond acceptors (Lipinski definition) is 5. The Morgan fingerprint density at radius 2 is 1.95 bits per heavy atom. The number of primary amides is 1. The van der Waals surface area contributed by atoms with E-state index in [9.17, 15) is 9.59 Å². The van der Waals surface area contributed by atoms with Crippen molar-refractivity contribution in [3.05, 3.63) is 23.8 Å². The molecule has 6 heteroatoms. The molecule has 0 aliphatic rings. The van der Waals surface area contributed by atoms with Gasteiger partial charge in [0.25, 0.3) is 0 Å². The van der Waals surface area contributed by atoms with Gasteiger partial charge in [0.15, 0.2) is 17.6 Å². The fraction of sp³-hybridized carbons (Fsp3) is 0.429. The first-order valence-electron chi connectivity index (χ1n) is 6.34. The fourth-order valence-corrected chi connectivity index (χ4v) is 1.60. The minimum atomic E-state index is -0.719. The Morgan fingerprint density at radius 3 is 2.45 bits per heavy atom. The molecule has 0 bridgehead atoms. The molecule has 6 nitrogen and oxygen atoms in total. The highest BCUT2D eigenvalue weighted by Gasteiger charge is 2.21. The van der Waals surface area contributed by atoms with Crippen LogP contribution in [0.4, 0.5) is 0 Å². The maximum atomic E-state index is 11.7. The number of nitrogens with two attached hydrogens (primary N) is 1. The predicted molar refractivity (Wildman–Crippen MR) is 72.9 cm³/mol. The van der Waals surface area contributed by atoms with Crippen LogP contribution < -0.4 is 15.2 Å². The molecule has 0 aliphatic heterocycles. The fourth-order valence-electron chi connectivity index (χ4n) is 1.60. The average Bonchev–Trinajstić information content (AvgIpc) is 2.44. The third-order valence-electron chi connectivity index (χ3n) is 2.64. The van der Waals surface area contributed by atoms with Crippen LogP contribution in [0.2, 0.25) is 0 Å². The van der Waals surface area contributed by atoms with Gasteiger partial charge in [-0.3, -0.25) is 4.79 Å². The number of amides is 1. The Kier molecular flexibility index (Phi) is 5.83. The van der Waals surface area contributed by atoms with E-state index in [1.54, 1.807) is 13.0 Å². The summed E-state index contributed by atoms with van der Waals surface area (Å²) in [6.07, 6.45) is -0.261. The summed E-state index contributed by atoms with van der Waals surface area (Å²) < 4.78 is 15.6. The lowest BCUT2D eigenvalue weighted by Crippen LogP contribution is -2.28. The standard InChI is InChI=1S/C14H19NO5/c1-4-10(14(17)19-5-2)20-11-7-6-9(13(15)16)8-12(11)18-3/h6-8,10H,4-5H2,1-3H3,(H2,15,16). The van der Waals surface area contributed by atoms with Crippen LogP contribution >= 0.6 is 0 Å². The van der Waals surface area contributed by atoms with E-state index in [-0.39, 0.29) is 6.61 Å². The van der Waals surface area contributed by atoms with E-state index in [2.05, 4.69) is 0 Å². The number of carbonyl (C=O) groups excluding carboxylic acids is 2. The van der Waals surface area contributed by atoms with Crippen LogP contribution in [0.3, 0.4) is 0 Å². The van der Waals surface area contributed by atoms with Crippen LogP contribution in [-0.2, 0) is 9.53 Å². The Bertz CT molecular complexity index is 486. The van der Waals surface area contributed by atoms with Gasteiger partial charge in [0.05, 0.1) is 13.7 Å². The SMILES string of the molecule is CCOC(=O)C(CC)Oc1ccc(C(N)=O)cc1OC.